The van der Waals surface area contributed by atoms with E-state index in [1.807, 2.05) is 12.3 Å². The second-order valence-corrected chi connectivity index (χ2v) is 9.03. The molecule has 0 aliphatic carbocycles. The fraction of sp³-hybridized carbons (Fsp3) is 0.269. The topological polar surface area (TPSA) is 93.7 Å². The van der Waals surface area contributed by atoms with Gasteiger partial charge in [-0.1, -0.05) is 41.9 Å². The molecule has 7 nitrogen and oxygen atoms in total. The van der Waals surface area contributed by atoms with Gasteiger partial charge in [-0.15, -0.1) is 11.8 Å². The Bertz CT molecular complexity index is 1180. The van der Waals surface area contributed by atoms with Gasteiger partial charge in [-0.25, -0.2) is 9.59 Å². The summed E-state index contributed by atoms with van der Waals surface area (Å²) in [5.41, 5.74) is 2.49. The maximum absolute atomic E-state index is 13.4. The fourth-order valence-corrected chi connectivity index (χ4v) is 4.78. The molecule has 184 valence electrons. The number of hydrogen-bond acceptors (Lipinski definition) is 7. The van der Waals surface area contributed by atoms with Gasteiger partial charge in [-0.05, 0) is 49.9 Å². The average Bonchev–Trinajstić information content (AvgIpc) is 2.86. The number of dihydropyridines is 1. The van der Waals surface area contributed by atoms with Crippen molar-refractivity contribution in [1.29, 1.82) is 0 Å². The largest absolute Gasteiger partial charge is 0.466 e. The van der Waals surface area contributed by atoms with Crippen molar-refractivity contribution >= 4 is 41.2 Å². The predicted octanol–water partition coefficient (Wildman–Crippen LogP) is 4.41. The predicted molar refractivity (Wildman–Crippen MR) is 137 cm³/mol. The number of carbonyl (C=O) groups is 3. The lowest BCUT2D eigenvalue weighted by atomic mass is 9.80. The Morgan fingerprint density at radius 1 is 1.09 bits per heavy atom. The molecule has 35 heavy (non-hydrogen) atoms. The highest BCUT2D eigenvalue weighted by Crippen LogP contribution is 2.41. The zero-order chi connectivity index (χ0) is 25.5. The second-order valence-electron chi connectivity index (χ2n) is 7.65. The van der Waals surface area contributed by atoms with Crippen molar-refractivity contribution in [3.05, 3.63) is 93.3 Å². The lowest BCUT2D eigenvalue weighted by molar-refractivity contribution is -0.139. The molecule has 1 aliphatic rings. The molecule has 2 unspecified atom stereocenters. The number of benzene rings is 2. The third kappa shape index (κ3) is 5.89. The summed E-state index contributed by atoms with van der Waals surface area (Å²) in [6.45, 7) is 3.56. The van der Waals surface area contributed by atoms with Crippen molar-refractivity contribution in [1.82, 2.24) is 10.6 Å². The van der Waals surface area contributed by atoms with Crippen molar-refractivity contribution in [3.63, 3.8) is 0 Å². The molecular weight excluding hydrogens is 488 g/mol. The van der Waals surface area contributed by atoms with Crippen LogP contribution in [-0.2, 0) is 19.1 Å². The molecule has 9 heteroatoms. The van der Waals surface area contributed by atoms with Crippen molar-refractivity contribution in [2.24, 2.45) is 0 Å². The molecule has 1 amide bonds. The minimum Gasteiger partial charge on any atom is -0.466 e. The zero-order valence-electron chi connectivity index (χ0n) is 19.9. The van der Waals surface area contributed by atoms with Gasteiger partial charge in [0.05, 0.1) is 36.5 Å². The van der Waals surface area contributed by atoms with Crippen molar-refractivity contribution < 1.29 is 23.9 Å². The maximum atomic E-state index is 13.4. The highest BCUT2D eigenvalue weighted by Gasteiger charge is 2.41. The van der Waals surface area contributed by atoms with Crippen molar-refractivity contribution in [3.8, 4) is 0 Å². The summed E-state index contributed by atoms with van der Waals surface area (Å²) in [4.78, 5) is 39.2. The highest BCUT2D eigenvalue weighted by molar-refractivity contribution is 7.99. The normalized spacial score (nSPS) is 16.3. The van der Waals surface area contributed by atoms with Crippen LogP contribution < -0.4 is 10.6 Å². The van der Waals surface area contributed by atoms with Crippen LogP contribution in [0, 0.1) is 0 Å². The van der Waals surface area contributed by atoms with Gasteiger partial charge in [0.15, 0.2) is 0 Å². The first-order chi connectivity index (χ1) is 16.8. The third-order valence-corrected chi connectivity index (χ3v) is 6.53. The molecule has 1 heterocycles. The average molecular weight is 515 g/mol. The Morgan fingerprint density at radius 3 is 2.40 bits per heavy atom. The minimum atomic E-state index is -0.820. The van der Waals surface area contributed by atoms with Crippen LogP contribution in [0.5, 0.6) is 0 Å². The van der Waals surface area contributed by atoms with Gasteiger partial charge in [0.1, 0.15) is 5.37 Å². The number of allylic oxidation sites excluding steroid dienone is 1. The lowest BCUT2D eigenvalue weighted by Gasteiger charge is -2.34. The van der Waals surface area contributed by atoms with E-state index in [9.17, 15) is 14.4 Å². The van der Waals surface area contributed by atoms with E-state index in [4.69, 9.17) is 21.1 Å². The number of methoxy groups -OCH3 is 1. The molecule has 3 rings (SSSR count). The number of halogens is 1. The SMILES string of the molecule is CCOC(=O)C1=C(C(NC(=O)c2ccccc2)SC)NC(C)=C(C(=O)OC)C1c1cccc(Cl)c1. The number of carbonyl (C=O) groups excluding carboxylic acids is 3. The van der Waals surface area contributed by atoms with Gasteiger partial charge < -0.3 is 20.1 Å². The van der Waals surface area contributed by atoms with Crippen LogP contribution in [0.1, 0.15) is 35.7 Å². The standard InChI is InChI=1S/C26H27ClN2O5S/c1-5-34-26(32)21-20(17-12-9-13-18(27)14-17)19(25(31)33-3)15(2)28-22(21)24(35-4)29-23(30)16-10-7-6-8-11-16/h6-14,20,24,28H,5H2,1-4H3,(H,29,30). The van der Waals surface area contributed by atoms with Crippen molar-refractivity contribution in [2.75, 3.05) is 20.0 Å². The van der Waals surface area contributed by atoms with E-state index in [0.29, 0.717) is 27.5 Å². The molecule has 0 saturated carbocycles. The summed E-state index contributed by atoms with van der Waals surface area (Å²) in [6, 6.07) is 15.7. The Hall–Kier alpha value is -3.23. The molecule has 2 atom stereocenters. The summed E-state index contributed by atoms with van der Waals surface area (Å²) >= 11 is 7.60. The summed E-state index contributed by atoms with van der Waals surface area (Å²) < 4.78 is 10.5. The number of thioether (sulfide) groups is 1. The Balaban J connectivity index is 2.19. The Kier molecular flexibility index (Phi) is 9.01. The van der Waals surface area contributed by atoms with E-state index in [1.54, 1.807) is 62.4 Å². The van der Waals surface area contributed by atoms with Crippen LogP contribution >= 0.6 is 23.4 Å². The number of ether oxygens (including phenoxy) is 2. The monoisotopic (exact) mass is 514 g/mol. The molecule has 0 fully saturated rings. The Morgan fingerprint density at radius 2 is 1.80 bits per heavy atom. The van der Waals surface area contributed by atoms with Crippen molar-refractivity contribution in [2.45, 2.75) is 25.1 Å². The first-order valence-electron chi connectivity index (χ1n) is 10.9. The molecule has 2 aromatic carbocycles. The highest BCUT2D eigenvalue weighted by atomic mass is 35.5. The van der Waals surface area contributed by atoms with Crippen LogP contribution in [0.25, 0.3) is 0 Å². The summed E-state index contributed by atoms with van der Waals surface area (Å²) in [7, 11) is 1.28. The van der Waals surface area contributed by atoms with Gasteiger partial charge in [0.25, 0.3) is 5.91 Å². The molecule has 0 saturated heterocycles. The van der Waals surface area contributed by atoms with Gasteiger partial charge in [0.2, 0.25) is 0 Å². The summed E-state index contributed by atoms with van der Waals surface area (Å²) in [5.74, 6) is -2.32. The molecule has 0 bridgehead atoms. The first kappa shape index (κ1) is 26.4. The molecular formula is C26H27ClN2O5S. The van der Waals surface area contributed by atoms with Gasteiger partial charge in [-0.3, -0.25) is 4.79 Å². The van der Waals surface area contributed by atoms with E-state index in [-0.39, 0.29) is 23.7 Å². The number of nitrogens with one attached hydrogen (secondary N) is 2. The molecule has 2 aromatic rings. The Labute approximate surface area is 213 Å². The summed E-state index contributed by atoms with van der Waals surface area (Å²) in [5, 5.41) is 5.96. The smallest absolute Gasteiger partial charge is 0.336 e. The third-order valence-electron chi connectivity index (χ3n) is 5.47. The van der Waals surface area contributed by atoms with Gasteiger partial charge in [-0.2, -0.15) is 0 Å². The maximum Gasteiger partial charge on any atom is 0.336 e. The number of esters is 2. The molecule has 0 aromatic heterocycles. The van der Waals surface area contributed by atoms with Gasteiger partial charge in [0, 0.05) is 16.3 Å². The lowest BCUT2D eigenvalue weighted by Crippen LogP contribution is -2.43. The summed E-state index contributed by atoms with van der Waals surface area (Å²) in [6.07, 6.45) is 1.82. The minimum absolute atomic E-state index is 0.133. The van der Waals surface area contributed by atoms with Crippen LogP contribution in [-0.4, -0.2) is 43.2 Å². The number of amides is 1. The zero-order valence-corrected chi connectivity index (χ0v) is 21.5. The quantitative estimate of drug-likeness (QED) is 0.398. The van der Waals surface area contributed by atoms with E-state index in [1.165, 1.54) is 18.9 Å². The van der Waals surface area contributed by atoms with Crippen LogP contribution in [0.15, 0.2) is 77.1 Å². The molecule has 0 radical (unpaired) electrons. The fourth-order valence-electron chi connectivity index (χ4n) is 3.94. The van der Waals surface area contributed by atoms with Crippen LogP contribution in [0.4, 0.5) is 0 Å². The van der Waals surface area contributed by atoms with E-state index >= 15 is 0 Å². The van der Waals surface area contributed by atoms with Gasteiger partial charge >= 0.3 is 11.9 Å². The van der Waals surface area contributed by atoms with Crippen LogP contribution in [0.3, 0.4) is 0 Å². The molecule has 2 N–H and O–H groups in total. The van der Waals surface area contributed by atoms with Crippen LogP contribution in [0.2, 0.25) is 5.02 Å². The number of rotatable bonds is 8. The van der Waals surface area contributed by atoms with E-state index in [0.717, 1.165) is 0 Å². The second kappa shape index (κ2) is 12.0. The molecule has 1 aliphatic heterocycles. The first-order valence-corrected chi connectivity index (χ1v) is 12.6. The van der Waals surface area contributed by atoms with E-state index in [2.05, 4.69) is 10.6 Å². The van der Waals surface area contributed by atoms with E-state index < -0.39 is 23.2 Å². The molecule has 0 spiro atoms. The number of hydrogen-bond donors (Lipinski definition) is 2.